The fourth-order valence-electron chi connectivity index (χ4n) is 2.57. The van der Waals surface area contributed by atoms with Gasteiger partial charge in [0.05, 0.1) is 0 Å². The van der Waals surface area contributed by atoms with E-state index in [0.717, 1.165) is 10.1 Å². The Bertz CT molecular complexity index is 968. The zero-order valence-electron chi connectivity index (χ0n) is 13.3. The van der Waals surface area contributed by atoms with E-state index >= 15 is 0 Å². The quantitative estimate of drug-likeness (QED) is 0.756. The average Bonchev–Trinajstić information content (AvgIpc) is 2.96. The Morgan fingerprint density at radius 1 is 1.22 bits per heavy atom. The van der Waals surface area contributed by atoms with Gasteiger partial charge in [0.15, 0.2) is 11.2 Å². The van der Waals surface area contributed by atoms with Crippen LogP contribution in [0.15, 0.2) is 34.1 Å². The van der Waals surface area contributed by atoms with Gasteiger partial charge in [0, 0.05) is 39.6 Å². The van der Waals surface area contributed by atoms with Crippen molar-refractivity contribution in [3.8, 4) is 0 Å². The third-order valence-electron chi connectivity index (χ3n) is 3.84. The molecule has 3 aromatic rings. The molecule has 0 fully saturated rings. The van der Waals surface area contributed by atoms with Gasteiger partial charge in [-0.2, -0.15) is 4.98 Å². The fraction of sp³-hybridized carbons (Fsp3) is 0.333. The first-order chi connectivity index (χ1) is 11.0. The van der Waals surface area contributed by atoms with Crippen LogP contribution in [0.4, 0.5) is 5.95 Å². The van der Waals surface area contributed by atoms with Gasteiger partial charge in [-0.25, -0.2) is 4.79 Å². The predicted octanol–water partition coefficient (Wildman–Crippen LogP) is 0.461. The number of nitrogens with zero attached hydrogens (tertiary/aromatic N) is 5. The highest BCUT2D eigenvalue weighted by Gasteiger charge is 2.17. The Kier molecular flexibility index (Phi) is 3.73. The summed E-state index contributed by atoms with van der Waals surface area (Å²) in [6.07, 6.45) is 3.48. The van der Waals surface area contributed by atoms with Crippen molar-refractivity contribution in [2.45, 2.75) is 20.0 Å². The molecule has 120 valence electrons. The van der Waals surface area contributed by atoms with Crippen molar-refractivity contribution >= 4 is 17.1 Å². The zero-order chi connectivity index (χ0) is 16.6. The van der Waals surface area contributed by atoms with Crippen molar-refractivity contribution in [1.82, 2.24) is 23.7 Å². The van der Waals surface area contributed by atoms with E-state index in [0.29, 0.717) is 30.2 Å². The van der Waals surface area contributed by atoms with Crippen LogP contribution < -0.4 is 16.6 Å². The smallest absolute Gasteiger partial charge is 0.332 e. The molecule has 3 rings (SSSR count). The van der Waals surface area contributed by atoms with Crippen LogP contribution in [0.2, 0.25) is 0 Å². The Labute approximate surface area is 132 Å². The van der Waals surface area contributed by atoms with E-state index in [1.54, 1.807) is 24.0 Å². The number of imidazole rings is 1. The van der Waals surface area contributed by atoms with Crippen molar-refractivity contribution < 1.29 is 0 Å². The molecule has 0 saturated carbocycles. The van der Waals surface area contributed by atoms with Gasteiger partial charge in [-0.3, -0.25) is 18.9 Å². The summed E-state index contributed by atoms with van der Waals surface area (Å²) in [5.41, 5.74) is 1.08. The summed E-state index contributed by atoms with van der Waals surface area (Å²) < 4.78 is 4.27. The van der Waals surface area contributed by atoms with Crippen molar-refractivity contribution in [3.05, 3.63) is 50.9 Å². The van der Waals surface area contributed by atoms with E-state index in [1.807, 2.05) is 19.1 Å². The second kappa shape index (κ2) is 5.71. The summed E-state index contributed by atoms with van der Waals surface area (Å²) in [6, 6.07) is 3.81. The Balaban J connectivity index is 2.11. The van der Waals surface area contributed by atoms with E-state index in [-0.39, 0.29) is 11.2 Å². The molecule has 3 aromatic heterocycles. The number of rotatable bonds is 4. The molecule has 1 N–H and O–H groups in total. The van der Waals surface area contributed by atoms with Crippen molar-refractivity contribution in [1.29, 1.82) is 0 Å². The maximum absolute atomic E-state index is 12.4. The highest BCUT2D eigenvalue weighted by Crippen LogP contribution is 2.16. The molecular formula is C15H18N6O2. The molecule has 0 aliphatic heterocycles. The molecule has 8 heteroatoms. The van der Waals surface area contributed by atoms with Crippen LogP contribution in [0.1, 0.15) is 12.5 Å². The van der Waals surface area contributed by atoms with Crippen LogP contribution in [0.3, 0.4) is 0 Å². The third kappa shape index (κ3) is 2.41. The van der Waals surface area contributed by atoms with Crippen LogP contribution in [0.25, 0.3) is 11.2 Å². The lowest BCUT2D eigenvalue weighted by molar-refractivity contribution is 0.700. The lowest BCUT2D eigenvalue weighted by Gasteiger charge is -2.08. The van der Waals surface area contributed by atoms with E-state index in [9.17, 15) is 9.59 Å². The SMILES string of the molecule is CCn1c(NCc2cccnc2)nc2c1c(=O)n(C)c(=O)n2C. The second-order valence-electron chi connectivity index (χ2n) is 5.27. The summed E-state index contributed by atoms with van der Waals surface area (Å²) in [5, 5.41) is 3.21. The average molecular weight is 314 g/mol. The molecule has 0 amide bonds. The number of aromatic nitrogens is 5. The van der Waals surface area contributed by atoms with Gasteiger partial charge < -0.3 is 9.88 Å². The minimum atomic E-state index is -0.387. The van der Waals surface area contributed by atoms with E-state index < -0.39 is 0 Å². The molecular weight excluding hydrogens is 296 g/mol. The number of aryl methyl sites for hydroxylation is 2. The standard InChI is InChI=1S/C15H18N6O2/c1-4-21-11-12(19(2)15(23)20(3)13(11)22)18-14(21)17-9-10-6-5-7-16-8-10/h5-8H,4,9H2,1-3H3,(H,17,18). The molecule has 0 spiro atoms. The molecule has 0 bridgehead atoms. The van der Waals surface area contributed by atoms with E-state index in [1.165, 1.54) is 11.6 Å². The van der Waals surface area contributed by atoms with Gasteiger partial charge in [-0.05, 0) is 18.6 Å². The highest BCUT2D eigenvalue weighted by atomic mass is 16.2. The van der Waals surface area contributed by atoms with Gasteiger partial charge in [0.2, 0.25) is 5.95 Å². The van der Waals surface area contributed by atoms with Crippen molar-refractivity contribution in [3.63, 3.8) is 0 Å². The topological polar surface area (TPSA) is 86.7 Å². The number of hydrogen-bond donors (Lipinski definition) is 1. The molecule has 8 nitrogen and oxygen atoms in total. The molecule has 3 heterocycles. The monoisotopic (exact) mass is 314 g/mol. The molecule has 0 unspecified atom stereocenters. The molecule has 0 aromatic carbocycles. The van der Waals surface area contributed by atoms with Crippen LogP contribution in [-0.2, 0) is 27.2 Å². The van der Waals surface area contributed by atoms with Crippen molar-refractivity contribution in [2.75, 3.05) is 5.32 Å². The lowest BCUT2D eigenvalue weighted by atomic mass is 10.3. The lowest BCUT2D eigenvalue weighted by Crippen LogP contribution is -2.37. The highest BCUT2D eigenvalue weighted by molar-refractivity contribution is 5.74. The first-order valence-electron chi connectivity index (χ1n) is 7.33. The first kappa shape index (κ1) is 15.0. The van der Waals surface area contributed by atoms with Crippen LogP contribution in [-0.4, -0.2) is 23.7 Å². The van der Waals surface area contributed by atoms with Gasteiger partial charge in [-0.1, -0.05) is 6.07 Å². The van der Waals surface area contributed by atoms with Gasteiger partial charge in [0.25, 0.3) is 5.56 Å². The van der Waals surface area contributed by atoms with Crippen molar-refractivity contribution in [2.24, 2.45) is 14.1 Å². The number of fused-ring (bicyclic) bond motifs is 1. The maximum atomic E-state index is 12.4. The van der Waals surface area contributed by atoms with Gasteiger partial charge in [-0.15, -0.1) is 0 Å². The predicted molar refractivity (Wildman–Crippen MR) is 87.5 cm³/mol. The molecule has 23 heavy (non-hydrogen) atoms. The largest absolute Gasteiger partial charge is 0.351 e. The summed E-state index contributed by atoms with van der Waals surface area (Å²) in [7, 11) is 3.09. The number of anilines is 1. The van der Waals surface area contributed by atoms with Crippen LogP contribution in [0.5, 0.6) is 0 Å². The molecule has 0 atom stereocenters. The maximum Gasteiger partial charge on any atom is 0.332 e. The van der Waals surface area contributed by atoms with Gasteiger partial charge in [0.1, 0.15) is 0 Å². The molecule has 0 aliphatic rings. The van der Waals surface area contributed by atoms with Gasteiger partial charge >= 0.3 is 5.69 Å². The first-order valence-corrected chi connectivity index (χ1v) is 7.33. The fourth-order valence-corrected chi connectivity index (χ4v) is 2.57. The summed E-state index contributed by atoms with van der Waals surface area (Å²) in [5.74, 6) is 0.560. The normalized spacial score (nSPS) is 11.1. The second-order valence-corrected chi connectivity index (χ2v) is 5.27. The number of pyridine rings is 1. The molecule has 0 saturated heterocycles. The minimum absolute atomic E-state index is 0.341. The number of hydrogen-bond acceptors (Lipinski definition) is 5. The van der Waals surface area contributed by atoms with Crippen LogP contribution >= 0.6 is 0 Å². The minimum Gasteiger partial charge on any atom is -0.351 e. The number of nitrogens with one attached hydrogen (secondary N) is 1. The summed E-state index contributed by atoms with van der Waals surface area (Å²) in [6.45, 7) is 3.03. The molecule has 0 radical (unpaired) electrons. The molecule has 0 aliphatic carbocycles. The Hall–Kier alpha value is -2.90. The Morgan fingerprint density at radius 2 is 2.00 bits per heavy atom. The summed E-state index contributed by atoms with van der Waals surface area (Å²) >= 11 is 0. The van der Waals surface area contributed by atoms with E-state index in [4.69, 9.17) is 0 Å². The Morgan fingerprint density at radius 3 is 2.65 bits per heavy atom. The zero-order valence-corrected chi connectivity index (χ0v) is 13.3. The third-order valence-corrected chi connectivity index (χ3v) is 3.84. The van der Waals surface area contributed by atoms with Crippen LogP contribution in [0, 0.1) is 0 Å². The van der Waals surface area contributed by atoms with E-state index in [2.05, 4.69) is 15.3 Å². The summed E-state index contributed by atoms with van der Waals surface area (Å²) in [4.78, 5) is 33.0.